The van der Waals surface area contributed by atoms with Crippen molar-refractivity contribution in [2.75, 3.05) is 0 Å². The summed E-state index contributed by atoms with van der Waals surface area (Å²) in [7, 11) is 0. The van der Waals surface area contributed by atoms with E-state index in [1.165, 1.54) is 0 Å². The Kier molecular flexibility index (Phi) is 2.05. The predicted octanol–water partition coefficient (Wildman–Crippen LogP) is -0.814. The second-order valence-corrected chi connectivity index (χ2v) is 2.80. The molecule has 0 amide bonds. The SMILES string of the molecule is N[C@@H]1CC[C@H](O)[C@H](N)C1. The van der Waals surface area contributed by atoms with E-state index in [4.69, 9.17) is 16.6 Å². The van der Waals surface area contributed by atoms with Gasteiger partial charge in [0.15, 0.2) is 0 Å². The summed E-state index contributed by atoms with van der Waals surface area (Å²) in [5, 5.41) is 9.11. The Morgan fingerprint density at radius 2 is 1.89 bits per heavy atom. The van der Waals surface area contributed by atoms with E-state index >= 15 is 0 Å². The maximum absolute atomic E-state index is 9.11. The molecule has 1 aliphatic rings. The first-order chi connectivity index (χ1) is 4.20. The first kappa shape index (κ1) is 6.99. The minimum Gasteiger partial charge on any atom is -0.392 e. The summed E-state index contributed by atoms with van der Waals surface area (Å²) in [5.74, 6) is 0. The molecule has 1 fully saturated rings. The number of aliphatic hydroxyl groups is 1. The molecule has 5 N–H and O–H groups in total. The highest BCUT2D eigenvalue weighted by Gasteiger charge is 2.23. The van der Waals surface area contributed by atoms with Gasteiger partial charge in [0.1, 0.15) is 0 Å². The second kappa shape index (κ2) is 2.64. The first-order valence-electron chi connectivity index (χ1n) is 3.39. The average Bonchev–Trinajstić information content (AvgIpc) is 1.80. The van der Waals surface area contributed by atoms with Gasteiger partial charge in [-0.3, -0.25) is 0 Å². The zero-order chi connectivity index (χ0) is 6.85. The number of nitrogens with two attached hydrogens (primary N) is 2. The van der Waals surface area contributed by atoms with Crippen molar-refractivity contribution in [1.29, 1.82) is 0 Å². The molecule has 9 heavy (non-hydrogen) atoms. The molecule has 0 radical (unpaired) electrons. The Morgan fingerprint density at radius 1 is 1.22 bits per heavy atom. The second-order valence-electron chi connectivity index (χ2n) is 2.80. The van der Waals surface area contributed by atoms with Gasteiger partial charge in [0.2, 0.25) is 0 Å². The van der Waals surface area contributed by atoms with E-state index in [2.05, 4.69) is 0 Å². The summed E-state index contributed by atoms with van der Waals surface area (Å²) in [6.45, 7) is 0. The van der Waals surface area contributed by atoms with Gasteiger partial charge < -0.3 is 16.6 Å². The zero-order valence-corrected chi connectivity index (χ0v) is 5.46. The van der Waals surface area contributed by atoms with Crippen LogP contribution in [0.4, 0.5) is 0 Å². The van der Waals surface area contributed by atoms with Gasteiger partial charge in [-0.25, -0.2) is 0 Å². The fourth-order valence-electron chi connectivity index (χ4n) is 1.22. The van der Waals surface area contributed by atoms with Crippen LogP contribution in [0.2, 0.25) is 0 Å². The molecule has 54 valence electrons. The largest absolute Gasteiger partial charge is 0.392 e. The van der Waals surface area contributed by atoms with Crippen LogP contribution in [0.1, 0.15) is 19.3 Å². The number of rotatable bonds is 0. The molecule has 0 saturated heterocycles. The van der Waals surface area contributed by atoms with Crippen LogP contribution < -0.4 is 11.5 Å². The van der Waals surface area contributed by atoms with Crippen LogP contribution in [0.25, 0.3) is 0 Å². The molecule has 0 heterocycles. The number of aliphatic hydroxyl groups excluding tert-OH is 1. The Labute approximate surface area is 55.0 Å². The molecular formula is C6H14N2O. The Balaban J connectivity index is 2.35. The van der Waals surface area contributed by atoms with Crippen LogP contribution >= 0.6 is 0 Å². The molecule has 0 spiro atoms. The fraction of sp³-hybridized carbons (Fsp3) is 1.00. The van der Waals surface area contributed by atoms with E-state index in [9.17, 15) is 0 Å². The van der Waals surface area contributed by atoms with E-state index in [-0.39, 0.29) is 18.2 Å². The molecule has 0 unspecified atom stereocenters. The topological polar surface area (TPSA) is 72.3 Å². The average molecular weight is 130 g/mol. The monoisotopic (exact) mass is 130 g/mol. The van der Waals surface area contributed by atoms with E-state index in [0.717, 1.165) is 19.3 Å². The summed E-state index contributed by atoms with van der Waals surface area (Å²) in [4.78, 5) is 0. The number of hydrogen-bond acceptors (Lipinski definition) is 3. The molecule has 0 aliphatic heterocycles. The van der Waals surface area contributed by atoms with Gasteiger partial charge in [0.25, 0.3) is 0 Å². The third-order valence-electron chi connectivity index (χ3n) is 1.90. The molecule has 0 aromatic rings. The summed E-state index contributed by atoms with van der Waals surface area (Å²) in [6, 6.07) is 0.122. The molecule has 3 nitrogen and oxygen atoms in total. The highest BCUT2D eigenvalue weighted by atomic mass is 16.3. The van der Waals surface area contributed by atoms with Gasteiger partial charge in [0, 0.05) is 12.1 Å². The van der Waals surface area contributed by atoms with Crippen LogP contribution in [-0.4, -0.2) is 23.3 Å². The van der Waals surface area contributed by atoms with Crippen molar-refractivity contribution >= 4 is 0 Å². The van der Waals surface area contributed by atoms with E-state index in [1.807, 2.05) is 0 Å². The molecule has 0 aromatic carbocycles. The van der Waals surface area contributed by atoms with Gasteiger partial charge in [-0.15, -0.1) is 0 Å². The van der Waals surface area contributed by atoms with E-state index < -0.39 is 0 Å². The lowest BCUT2D eigenvalue weighted by atomic mass is 9.90. The number of hydrogen-bond donors (Lipinski definition) is 3. The van der Waals surface area contributed by atoms with Gasteiger partial charge in [-0.05, 0) is 19.3 Å². The highest BCUT2D eigenvalue weighted by Crippen LogP contribution is 2.15. The quantitative estimate of drug-likeness (QED) is 0.401. The lowest BCUT2D eigenvalue weighted by Gasteiger charge is -2.28. The molecule has 0 bridgehead atoms. The first-order valence-corrected chi connectivity index (χ1v) is 3.39. The van der Waals surface area contributed by atoms with Crippen LogP contribution in [0, 0.1) is 0 Å². The molecule has 0 aromatic heterocycles. The Morgan fingerprint density at radius 3 is 2.33 bits per heavy atom. The van der Waals surface area contributed by atoms with E-state index in [1.54, 1.807) is 0 Å². The summed E-state index contributed by atoms with van der Waals surface area (Å²) >= 11 is 0. The van der Waals surface area contributed by atoms with Crippen LogP contribution in [0.15, 0.2) is 0 Å². The van der Waals surface area contributed by atoms with Crippen molar-refractivity contribution in [3.05, 3.63) is 0 Å². The predicted molar refractivity (Wildman–Crippen MR) is 35.8 cm³/mol. The lowest BCUT2D eigenvalue weighted by Crippen LogP contribution is -2.44. The molecule has 3 atom stereocenters. The van der Waals surface area contributed by atoms with Crippen molar-refractivity contribution in [3.63, 3.8) is 0 Å². The maximum atomic E-state index is 9.11. The minimum atomic E-state index is -0.315. The van der Waals surface area contributed by atoms with Crippen LogP contribution in [0.3, 0.4) is 0 Å². The summed E-state index contributed by atoms with van der Waals surface area (Å²) in [6.07, 6.45) is 2.13. The van der Waals surface area contributed by atoms with Crippen molar-refractivity contribution in [1.82, 2.24) is 0 Å². The third-order valence-corrected chi connectivity index (χ3v) is 1.90. The van der Waals surface area contributed by atoms with Crippen LogP contribution in [0.5, 0.6) is 0 Å². The normalized spacial score (nSPS) is 45.0. The summed E-state index contributed by atoms with van der Waals surface area (Å²) in [5.41, 5.74) is 11.1. The molecule has 1 rings (SSSR count). The smallest absolute Gasteiger partial charge is 0.0692 e. The molecule has 3 heteroatoms. The van der Waals surface area contributed by atoms with E-state index in [0.29, 0.717) is 0 Å². The lowest BCUT2D eigenvalue weighted by molar-refractivity contribution is 0.101. The summed E-state index contributed by atoms with van der Waals surface area (Å²) < 4.78 is 0. The molecule has 1 saturated carbocycles. The van der Waals surface area contributed by atoms with Crippen LogP contribution in [-0.2, 0) is 0 Å². The third kappa shape index (κ3) is 1.64. The van der Waals surface area contributed by atoms with Crippen molar-refractivity contribution < 1.29 is 5.11 Å². The van der Waals surface area contributed by atoms with Crippen molar-refractivity contribution in [2.45, 2.75) is 37.5 Å². The van der Waals surface area contributed by atoms with Gasteiger partial charge >= 0.3 is 0 Å². The maximum Gasteiger partial charge on any atom is 0.0692 e. The van der Waals surface area contributed by atoms with Crippen molar-refractivity contribution in [3.8, 4) is 0 Å². The molecular weight excluding hydrogens is 116 g/mol. The van der Waals surface area contributed by atoms with Gasteiger partial charge in [-0.1, -0.05) is 0 Å². The zero-order valence-electron chi connectivity index (χ0n) is 5.46. The highest BCUT2D eigenvalue weighted by molar-refractivity contribution is 4.83. The van der Waals surface area contributed by atoms with Gasteiger partial charge in [-0.2, -0.15) is 0 Å². The fourth-order valence-corrected chi connectivity index (χ4v) is 1.22. The van der Waals surface area contributed by atoms with Crippen molar-refractivity contribution in [2.24, 2.45) is 11.5 Å². The standard InChI is InChI=1S/C6H14N2O/c7-4-1-2-6(9)5(8)3-4/h4-6,9H,1-3,7-8H2/t4-,5-,6+/m1/s1. The Bertz CT molecular complexity index is 97.1. The minimum absolute atomic E-state index is 0.0891. The molecule has 1 aliphatic carbocycles. The Hall–Kier alpha value is -0.120. The van der Waals surface area contributed by atoms with Gasteiger partial charge in [0.05, 0.1) is 6.10 Å².